The number of rotatable bonds is 2. The van der Waals surface area contributed by atoms with Crippen LogP contribution in [-0.2, 0) is 6.42 Å². The maximum Gasteiger partial charge on any atom is 0.262 e. The molecule has 3 rings (SSSR count). The Kier molecular flexibility index (Phi) is 3.60. The average Bonchev–Trinajstić information content (AvgIpc) is 2.82. The van der Waals surface area contributed by atoms with E-state index in [1.807, 2.05) is 23.1 Å². The Balaban J connectivity index is 2.05. The fourth-order valence-corrected chi connectivity index (χ4v) is 3.02. The number of amides is 1. The van der Waals surface area contributed by atoms with E-state index in [1.54, 1.807) is 25.3 Å². The predicted octanol–water partition coefficient (Wildman–Crippen LogP) is 3.94. The lowest BCUT2D eigenvalue weighted by Crippen LogP contribution is -2.35. The summed E-state index contributed by atoms with van der Waals surface area (Å²) in [5.74, 6) is 0.466. The quantitative estimate of drug-likeness (QED) is 0.841. The molecule has 21 heavy (non-hydrogen) atoms. The Hall–Kier alpha value is -2.00. The van der Waals surface area contributed by atoms with Crippen molar-refractivity contribution in [2.45, 2.75) is 19.4 Å². The number of hydrogen-bond acceptors (Lipinski definition) is 2. The van der Waals surface area contributed by atoms with Gasteiger partial charge in [-0.2, -0.15) is 0 Å². The monoisotopic (exact) mass is 301 g/mol. The lowest BCUT2D eigenvalue weighted by molar-refractivity contribution is 0.0978. The molecule has 1 aliphatic rings. The molecule has 1 heterocycles. The van der Waals surface area contributed by atoms with E-state index in [4.69, 9.17) is 16.3 Å². The number of carbonyl (C=O) groups is 1. The zero-order chi connectivity index (χ0) is 15.0. The molecule has 0 N–H and O–H groups in total. The number of benzene rings is 2. The molecule has 2 aromatic carbocycles. The van der Waals surface area contributed by atoms with Crippen LogP contribution in [0.15, 0.2) is 42.5 Å². The van der Waals surface area contributed by atoms with Crippen LogP contribution in [0.1, 0.15) is 22.8 Å². The molecule has 0 radical (unpaired) electrons. The Morgan fingerprint density at radius 2 is 2.05 bits per heavy atom. The maximum atomic E-state index is 12.9. The Labute approximate surface area is 129 Å². The van der Waals surface area contributed by atoms with Gasteiger partial charge in [-0.25, -0.2) is 0 Å². The first-order valence-corrected chi connectivity index (χ1v) is 7.24. The van der Waals surface area contributed by atoms with E-state index in [0.717, 1.165) is 12.1 Å². The number of halogens is 1. The molecule has 108 valence electrons. The van der Waals surface area contributed by atoms with E-state index in [-0.39, 0.29) is 11.9 Å². The maximum absolute atomic E-state index is 12.9. The Morgan fingerprint density at radius 1 is 1.29 bits per heavy atom. The van der Waals surface area contributed by atoms with Crippen molar-refractivity contribution < 1.29 is 9.53 Å². The van der Waals surface area contributed by atoms with Crippen LogP contribution in [0, 0.1) is 0 Å². The molecule has 1 atom stereocenters. The molecule has 1 amide bonds. The van der Waals surface area contributed by atoms with E-state index in [2.05, 4.69) is 13.0 Å². The molecule has 3 nitrogen and oxygen atoms in total. The number of ether oxygens (including phenoxy) is 1. The average molecular weight is 302 g/mol. The molecule has 0 saturated carbocycles. The lowest BCUT2D eigenvalue weighted by Gasteiger charge is -2.23. The summed E-state index contributed by atoms with van der Waals surface area (Å²) >= 11 is 6.03. The molecule has 0 bridgehead atoms. The van der Waals surface area contributed by atoms with E-state index in [1.165, 1.54) is 5.56 Å². The van der Waals surface area contributed by atoms with Crippen molar-refractivity contribution in [1.82, 2.24) is 0 Å². The van der Waals surface area contributed by atoms with Gasteiger partial charge in [-0.15, -0.1) is 0 Å². The van der Waals surface area contributed by atoms with Crippen molar-refractivity contribution in [1.29, 1.82) is 0 Å². The smallest absolute Gasteiger partial charge is 0.262 e. The summed E-state index contributed by atoms with van der Waals surface area (Å²) in [6.45, 7) is 2.05. The fourth-order valence-electron chi connectivity index (χ4n) is 2.85. The Morgan fingerprint density at radius 3 is 2.81 bits per heavy atom. The summed E-state index contributed by atoms with van der Waals surface area (Å²) in [6, 6.07) is 13.2. The van der Waals surface area contributed by atoms with Gasteiger partial charge in [0, 0.05) is 16.8 Å². The third kappa shape index (κ3) is 2.38. The van der Waals surface area contributed by atoms with E-state index in [0.29, 0.717) is 16.3 Å². The van der Waals surface area contributed by atoms with E-state index >= 15 is 0 Å². The highest BCUT2D eigenvalue weighted by Gasteiger charge is 2.32. The minimum atomic E-state index is -0.0770. The van der Waals surface area contributed by atoms with Gasteiger partial charge in [-0.05, 0) is 43.2 Å². The standard InChI is InChI=1S/C17H16ClNO2/c1-11-9-12-5-3-4-6-15(12)19(11)17(20)14-10-13(18)7-8-16(14)21-2/h3-8,10-11H,9H2,1-2H3/t11-/m1/s1. The highest BCUT2D eigenvalue weighted by molar-refractivity contribution is 6.31. The first kappa shape index (κ1) is 14.0. The number of methoxy groups -OCH3 is 1. The van der Waals surface area contributed by atoms with Crippen LogP contribution in [0.4, 0.5) is 5.69 Å². The lowest BCUT2D eigenvalue weighted by atomic mass is 10.1. The predicted molar refractivity (Wildman–Crippen MR) is 84.4 cm³/mol. The van der Waals surface area contributed by atoms with Gasteiger partial charge < -0.3 is 9.64 Å². The minimum Gasteiger partial charge on any atom is -0.496 e. The van der Waals surface area contributed by atoms with Crippen LogP contribution < -0.4 is 9.64 Å². The van der Waals surface area contributed by atoms with E-state index < -0.39 is 0 Å². The molecular weight excluding hydrogens is 286 g/mol. The second-order valence-electron chi connectivity index (χ2n) is 5.20. The molecule has 0 unspecified atom stereocenters. The molecule has 4 heteroatoms. The molecule has 0 aromatic heterocycles. The van der Waals surface area contributed by atoms with Crippen molar-refractivity contribution in [2.24, 2.45) is 0 Å². The topological polar surface area (TPSA) is 29.5 Å². The minimum absolute atomic E-state index is 0.0770. The highest BCUT2D eigenvalue weighted by atomic mass is 35.5. The summed E-state index contributed by atoms with van der Waals surface area (Å²) in [5.41, 5.74) is 2.66. The van der Waals surface area contributed by atoms with Gasteiger partial charge in [0.05, 0.1) is 12.7 Å². The number of para-hydroxylation sites is 1. The second kappa shape index (κ2) is 5.41. The zero-order valence-corrected chi connectivity index (χ0v) is 12.7. The number of nitrogens with zero attached hydrogens (tertiary/aromatic N) is 1. The van der Waals surface area contributed by atoms with Crippen LogP contribution >= 0.6 is 11.6 Å². The molecule has 0 spiro atoms. The van der Waals surface area contributed by atoms with Gasteiger partial charge in [0.25, 0.3) is 5.91 Å². The summed E-state index contributed by atoms with van der Waals surface area (Å²) in [4.78, 5) is 14.8. The van der Waals surface area contributed by atoms with Gasteiger partial charge in [0.15, 0.2) is 0 Å². The molecular formula is C17H16ClNO2. The van der Waals surface area contributed by atoms with Gasteiger partial charge in [-0.1, -0.05) is 29.8 Å². The van der Waals surface area contributed by atoms with Gasteiger partial charge in [-0.3, -0.25) is 4.79 Å². The third-order valence-corrected chi connectivity index (χ3v) is 4.05. The SMILES string of the molecule is COc1ccc(Cl)cc1C(=O)N1c2ccccc2C[C@H]1C. The van der Waals surface area contributed by atoms with E-state index in [9.17, 15) is 4.79 Å². The Bertz CT molecular complexity index is 699. The van der Waals surface area contributed by atoms with Gasteiger partial charge >= 0.3 is 0 Å². The largest absolute Gasteiger partial charge is 0.496 e. The van der Waals surface area contributed by atoms with Gasteiger partial charge in [0.2, 0.25) is 0 Å². The van der Waals surface area contributed by atoms with Crippen molar-refractivity contribution >= 4 is 23.2 Å². The normalized spacial score (nSPS) is 16.7. The van der Waals surface area contributed by atoms with Crippen LogP contribution in [0.2, 0.25) is 5.02 Å². The summed E-state index contributed by atoms with van der Waals surface area (Å²) in [5, 5.41) is 0.527. The van der Waals surface area contributed by atoms with Crippen molar-refractivity contribution in [3.63, 3.8) is 0 Å². The molecule has 0 aliphatic carbocycles. The van der Waals surface area contributed by atoms with Crippen molar-refractivity contribution in [2.75, 3.05) is 12.0 Å². The number of anilines is 1. The molecule has 2 aromatic rings. The van der Waals surface area contributed by atoms with Crippen LogP contribution in [0.3, 0.4) is 0 Å². The molecule has 0 fully saturated rings. The summed E-state index contributed by atoms with van der Waals surface area (Å²) in [6.07, 6.45) is 0.866. The van der Waals surface area contributed by atoms with Crippen molar-refractivity contribution in [3.8, 4) is 5.75 Å². The first-order valence-electron chi connectivity index (χ1n) is 6.87. The van der Waals surface area contributed by atoms with Gasteiger partial charge in [0.1, 0.15) is 5.75 Å². The summed E-state index contributed by atoms with van der Waals surface area (Å²) in [7, 11) is 1.56. The molecule has 1 aliphatic heterocycles. The van der Waals surface area contributed by atoms with Crippen LogP contribution in [0.5, 0.6) is 5.75 Å². The molecule has 0 saturated heterocycles. The van der Waals surface area contributed by atoms with Crippen molar-refractivity contribution in [3.05, 3.63) is 58.6 Å². The zero-order valence-electron chi connectivity index (χ0n) is 12.0. The number of carbonyl (C=O) groups excluding carboxylic acids is 1. The second-order valence-corrected chi connectivity index (χ2v) is 5.64. The van der Waals surface area contributed by atoms with Crippen LogP contribution in [0.25, 0.3) is 0 Å². The number of fused-ring (bicyclic) bond motifs is 1. The summed E-state index contributed by atoms with van der Waals surface area (Å²) < 4.78 is 5.30. The van der Waals surface area contributed by atoms with Crippen LogP contribution in [-0.4, -0.2) is 19.1 Å². The first-order chi connectivity index (χ1) is 10.1. The highest BCUT2D eigenvalue weighted by Crippen LogP contribution is 2.35. The third-order valence-electron chi connectivity index (χ3n) is 3.82. The fraction of sp³-hybridized carbons (Fsp3) is 0.235. The number of hydrogen-bond donors (Lipinski definition) is 0.